The molecule has 0 aliphatic heterocycles. The second-order valence-electron chi connectivity index (χ2n) is 3.12. The largest absolute Gasteiger partial charge is 0.262 e. The zero-order valence-electron chi connectivity index (χ0n) is 8.20. The summed E-state index contributed by atoms with van der Waals surface area (Å²) in [6.45, 7) is 1.85. The van der Waals surface area contributed by atoms with Crippen molar-refractivity contribution in [1.82, 2.24) is 15.2 Å². The van der Waals surface area contributed by atoms with Crippen LogP contribution in [0.1, 0.15) is 11.4 Å². The molecule has 15 heavy (non-hydrogen) atoms. The molecule has 3 nitrogen and oxygen atoms in total. The van der Waals surface area contributed by atoms with Gasteiger partial charge in [0.15, 0.2) is 0 Å². The Morgan fingerprint density at radius 2 is 2.33 bits per heavy atom. The number of aromatic amines is 1. The van der Waals surface area contributed by atoms with Crippen molar-refractivity contribution >= 4 is 11.8 Å². The van der Waals surface area contributed by atoms with Gasteiger partial charge in [-0.3, -0.25) is 5.10 Å². The van der Waals surface area contributed by atoms with E-state index < -0.39 is 0 Å². The number of H-pyrrole nitrogens is 1. The van der Waals surface area contributed by atoms with Crippen LogP contribution in [0.3, 0.4) is 0 Å². The van der Waals surface area contributed by atoms with Crippen LogP contribution in [0.5, 0.6) is 0 Å². The van der Waals surface area contributed by atoms with Crippen molar-refractivity contribution in [2.75, 3.05) is 0 Å². The fraction of sp³-hybridized carbons (Fsp3) is 0.200. The maximum Gasteiger partial charge on any atom is 0.208 e. The molecule has 0 bridgehead atoms. The van der Waals surface area contributed by atoms with Crippen molar-refractivity contribution in [3.05, 3.63) is 41.5 Å². The fourth-order valence-corrected chi connectivity index (χ4v) is 1.95. The first kappa shape index (κ1) is 10.2. The van der Waals surface area contributed by atoms with E-state index in [4.69, 9.17) is 0 Å². The van der Waals surface area contributed by atoms with Crippen LogP contribution in [0.4, 0.5) is 4.39 Å². The third-order valence-electron chi connectivity index (χ3n) is 1.83. The van der Waals surface area contributed by atoms with Crippen LogP contribution in [0.25, 0.3) is 0 Å². The van der Waals surface area contributed by atoms with Gasteiger partial charge in [0.1, 0.15) is 11.6 Å². The van der Waals surface area contributed by atoms with Gasteiger partial charge in [-0.15, -0.1) is 5.10 Å². The molecule has 0 aliphatic rings. The van der Waals surface area contributed by atoms with Gasteiger partial charge < -0.3 is 0 Å². The second-order valence-corrected chi connectivity index (χ2v) is 4.06. The van der Waals surface area contributed by atoms with Crippen molar-refractivity contribution in [2.45, 2.75) is 17.8 Å². The van der Waals surface area contributed by atoms with Crippen molar-refractivity contribution in [3.8, 4) is 0 Å². The van der Waals surface area contributed by atoms with E-state index in [1.54, 1.807) is 6.07 Å². The van der Waals surface area contributed by atoms with Crippen LogP contribution in [0, 0.1) is 12.7 Å². The van der Waals surface area contributed by atoms with E-state index in [1.165, 1.54) is 23.9 Å². The summed E-state index contributed by atoms with van der Waals surface area (Å²) in [4.78, 5) is 4.15. The van der Waals surface area contributed by atoms with Crippen LogP contribution in [0.2, 0.25) is 0 Å². The molecule has 78 valence electrons. The molecule has 1 heterocycles. The average molecular weight is 223 g/mol. The maximum absolute atomic E-state index is 12.9. The predicted octanol–water partition coefficient (Wildman–Crippen LogP) is 2.54. The number of aryl methyl sites for hydroxylation is 1. The van der Waals surface area contributed by atoms with E-state index in [0.29, 0.717) is 10.9 Å². The molecule has 0 amide bonds. The third-order valence-corrected chi connectivity index (χ3v) is 2.75. The number of aromatic nitrogens is 3. The number of thioether (sulfide) groups is 1. The Labute approximate surface area is 91.1 Å². The first-order chi connectivity index (χ1) is 7.24. The van der Waals surface area contributed by atoms with Gasteiger partial charge in [0.05, 0.1) is 0 Å². The molecule has 2 aromatic rings. The maximum atomic E-state index is 12.9. The summed E-state index contributed by atoms with van der Waals surface area (Å²) in [5, 5.41) is 7.44. The Hall–Kier alpha value is -1.36. The molecule has 0 fully saturated rings. The molecule has 0 unspecified atom stereocenters. The molecule has 0 spiro atoms. The summed E-state index contributed by atoms with van der Waals surface area (Å²) in [6.07, 6.45) is 0. The molecule has 1 aromatic carbocycles. The van der Waals surface area contributed by atoms with E-state index >= 15 is 0 Å². The molecule has 1 aromatic heterocycles. The third kappa shape index (κ3) is 2.79. The Morgan fingerprint density at radius 3 is 3.00 bits per heavy atom. The van der Waals surface area contributed by atoms with Crippen LogP contribution in [-0.2, 0) is 5.75 Å². The van der Waals surface area contributed by atoms with E-state index in [0.717, 1.165) is 11.4 Å². The minimum absolute atomic E-state index is 0.209. The van der Waals surface area contributed by atoms with Crippen molar-refractivity contribution in [2.24, 2.45) is 0 Å². The molecule has 0 saturated carbocycles. The summed E-state index contributed by atoms with van der Waals surface area (Å²) in [6, 6.07) is 6.54. The Morgan fingerprint density at radius 1 is 1.47 bits per heavy atom. The second kappa shape index (κ2) is 4.44. The number of rotatable bonds is 3. The fourth-order valence-electron chi connectivity index (χ4n) is 1.16. The molecule has 2 rings (SSSR count). The highest BCUT2D eigenvalue weighted by Crippen LogP contribution is 2.19. The van der Waals surface area contributed by atoms with E-state index in [1.807, 2.05) is 13.0 Å². The summed E-state index contributed by atoms with van der Waals surface area (Å²) in [5.74, 6) is 1.26. The standard InChI is InChI=1S/C10H10FN3S/c1-7-12-10(14-13-7)15-6-8-3-2-4-9(11)5-8/h2-5H,6H2,1H3,(H,12,13,14). The lowest BCUT2D eigenvalue weighted by atomic mass is 10.2. The van der Waals surface area contributed by atoms with E-state index in [-0.39, 0.29) is 5.82 Å². The van der Waals surface area contributed by atoms with Crippen LogP contribution >= 0.6 is 11.8 Å². The highest BCUT2D eigenvalue weighted by Gasteiger charge is 2.01. The van der Waals surface area contributed by atoms with Crippen molar-refractivity contribution in [3.63, 3.8) is 0 Å². The summed E-state index contributed by atoms with van der Waals surface area (Å²) in [5.41, 5.74) is 0.933. The minimum atomic E-state index is -0.209. The molecular weight excluding hydrogens is 213 g/mol. The number of nitrogens with zero attached hydrogens (tertiary/aromatic N) is 2. The number of hydrogen-bond donors (Lipinski definition) is 1. The van der Waals surface area contributed by atoms with Gasteiger partial charge >= 0.3 is 0 Å². The van der Waals surface area contributed by atoms with Crippen LogP contribution in [0.15, 0.2) is 29.4 Å². The quantitative estimate of drug-likeness (QED) is 0.813. The number of nitrogens with one attached hydrogen (secondary N) is 1. The molecule has 0 aliphatic carbocycles. The molecule has 0 radical (unpaired) electrons. The van der Waals surface area contributed by atoms with Gasteiger partial charge in [-0.1, -0.05) is 23.9 Å². The summed E-state index contributed by atoms with van der Waals surface area (Å²) >= 11 is 1.48. The lowest BCUT2D eigenvalue weighted by molar-refractivity contribution is 0.626. The van der Waals surface area contributed by atoms with Crippen LogP contribution in [-0.4, -0.2) is 15.2 Å². The number of halogens is 1. The Kier molecular flexibility index (Phi) is 3.01. The number of benzene rings is 1. The average Bonchev–Trinajstić information content (AvgIpc) is 2.62. The Balaban J connectivity index is 1.99. The minimum Gasteiger partial charge on any atom is -0.262 e. The van der Waals surface area contributed by atoms with Gasteiger partial charge in [0.25, 0.3) is 0 Å². The molecule has 0 atom stereocenters. The molecule has 0 saturated heterocycles. The topological polar surface area (TPSA) is 41.6 Å². The van der Waals surface area contributed by atoms with Gasteiger partial charge in [-0.05, 0) is 24.6 Å². The zero-order valence-corrected chi connectivity index (χ0v) is 9.01. The van der Waals surface area contributed by atoms with Gasteiger partial charge in [0.2, 0.25) is 5.16 Å². The molecule has 5 heteroatoms. The van der Waals surface area contributed by atoms with Crippen molar-refractivity contribution in [1.29, 1.82) is 0 Å². The van der Waals surface area contributed by atoms with E-state index in [9.17, 15) is 4.39 Å². The first-order valence-electron chi connectivity index (χ1n) is 4.50. The smallest absolute Gasteiger partial charge is 0.208 e. The lowest BCUT2D eigenvalue weighted by Gasteiger charge is -1.97. The highest BCUT2D eigenvalue weighted by atomic mass is 32.2. The van der Waals surface area contributed by atoms with Gasteiger partial charge in [-0.25, -0.2) is 9.37 Å². The lowest BCUT2D eigenvalue weighted by Crippen LogP contribution is -1.83. The SMILES string of the molecule is Cc1nc(SCc2cccc(F)c2)n[nH]1. The highest BCUT2D eigenvalue weighted by molar-refractivity contribution is 7.98. The van der Waals surface area contributed by atoms with Crippen molar-refractivity contribution < 1.29 is 4.39 Å². The van der Waals surface area contributed by atoms with Crippen LogP contribution < -0.4 is 0 Å². The van der Waals surface area contributed by atoms with Gasteiger partial charge in [0, 0.05) is 5.75 Å². The molecular formula is C10H10FN3S. The predicted molar refractivity (Wildman–Crippen MR) is 57.1 cm³/mol. The number of hydrogen-bond acceptors (Lipinski definition) is 3. The monoisotopic (exact) mass is 223 g/mol. The first-order valence-corrected chi connectivity index (χ1v) is 5.49. The molecule has 1 N–H and O–H groups in total. The van der Waals surface area contributed by atoms with E-state index in [2.05, 4.69) is 15.2 Å². The normalized spacial score (nSPS) is 10.5. The Bertz CT molecular complexity index is 455. The van der Waals surface area contributed by atoms with Gasteiger partial charge in [-0.2, -0.15) is 0 Å². The zero-order chi connectivity index (χ0) is 10.7. The summed E-state index contributed by atoms with van der Waals surface area (Å²) in [7, 11) is 0. The summed E-state index contributed by atoms with van der Waals surface area (Å²) < 4.78 is 12.9.